The SMILES string of the molecule is CS(=O)(=O)c1cnc(C(=O)C2=C(O)CCCC2=O)c(Cl)c1. The van der Waals surface area contributed by atoms with E-state index in [2.05, 4.69) is 4.98 Å². The van der Waals surface area contributed by atoms with Crippen LogP contribution in [-0.4, -0.2) is 36.3 Å². The van der Waals surface area contributed by atoms with Crippen molar-refractivity contribution in [3.63, 3.8) is 0 Å². The molecule has 2 rings (SSSR count). The molecule has 0 saturated carbocycles. The molecule has 0 spiro atoms. The van der Waals surface area contributed by atoms with E-state index in [4.69, 9.17) is 11.6 Å². The first kappa shape index (κ1) is 15.7. The van der Waals surface area contributed by atoms with Gasteiger partial charge in [-0.05, 0) is 12.5 Å². The third-order valence-corrected chi connectivity index (χ3v) is 4.44. The second kappa shape index (κ2) is 5.57. The van der Waals surface area contributed by atoms with E-state index < -0.39 is 21.4 Å². The molecule has 0 radical (unpaired) electrons. The first-order valence-corrected chi connectivity index (χ1v) is 8.34. The highest BCUT2D eigenvalue weighted by Gasteiger charge is 2.29. The van der Waals surface area contributed by atoms with E-state index in [1.54, 1.807) is 0 Å². The normalized spacial score (nSPS) is 16.2. The Bertz CT molecular complexity index is 767. The van der Waals surface area contributed by atoms with Crippen LogP contribution < -0.4 is 0 Å². The molecule has 0 aliphatic heterocycles. The van der Waals surface area contributed by atoms with Crippen molar-refractivity contribution in [2.45, 2.75) is 24.2 Å². The molecule has 0 saturated heterocycles. The van der Waals surface area contributed by atoms with Crippen molar-refractivity contribution in [3.05, 3.63) is 34.3 Å². The van der Waals surface area contributed by atoms with Crippen LogP contribution in [0.1, 0.15) is 29.8 Å². The molecule has 1 aromatic heterocycles. The lowest BCUT2D eigenvalue weighted by Crippen LogP contribution is -2.20. The zero-order valence-corrected chi connectivity index (χ0v) is 12.7. The first-order chi connectivity index (χ1) is 9.71. The number of ketones is 2. The number of allylic oxidation sites excluding steroid dienone is 2. The summed E-state index contributed by atoms with van der Waals surface area (Å²) in [6, 6.07) is 1.10. The van der Waals surface area contributed by atoms with Crippen LogP contribution in [0.5, 0.6) is 0 Å². The number of sulfone groups is 1. The lowest BCUT2D eigenvalue weighted by molar-refractivity contribution is -0.116. The van der Waals surface area contributed by atoms with Gasteiger partial charge >= 0.3 is 0 Å². The summed E-state index contributed by atoms with van der Waals surface area (Å²) in [5.74, 6) is -1.53. The van der Waals surface area contributed by atoms with Crippen molar-refractivity contribution in [3.8, 4) is 0 Å². The molecule has 0 atom stereocenters. The maximum absolute atomic E-state index is 12.3. The number of pyridine rings is 1. The van der Waals surface area contributed by atoms with Crippen molar-refractivity contribution in [2.24, 2.45) is 0 Å². The Morgan fingerprint density at radius 2 is 2.05 bits per heavy atom. The third-order valence-electron chi connectivity index (χ3n) is 3.07. The van der Waals surface area contributed by atoms with Gasteiger partial charge in [0.2, 0.25) is 5.78 Å². The summed E-state index contributed by atoms with van der Waals surface area (Å²) < 4.78 is 22.8. The highest BCUT2D eigenvalue weighted by atomic mass is 35.5. The maximum Gasteiger partial charge on any atom is 0.219 e. The van der Waals surface area contributed by atoms with Gasteiger partial charge < -0.3 is 5.11 Å². The molecule has 1 aliphatic rings. The average molecular weight is 330 g/mol. The van der Waals surface area contributed by atoms with E-state index >= 15 is 0 Å². The number of aliphatic hydroxyl groups is 1. The van der Waals surface area contributed by atoms with Gasteiger partial charge in [0.25, 0.3) is 0 Å². The van der Waals surface area contributed by atoms with Crippen molar-refractivity contribution in [1.82, 2.24) is 4.98 Å². The van der Waals surface area contributed by atoms with Gasteiger partial charge in [0.15, 0.2) is 15.6 Å². The van der Waals surface area contributed by atoms with Crippen LogP contribution in [-0.2, 0) is 14.6 Å². The monoisotopic (exact) mass is 329 g/mol. The molecule has 0 amide bonds. The summed E-state index contributed by atoms with van der Waals surface area (Å²) in [4.78, 5) is 27.6. The Hall–Kier alpha value is -1.73. The summed E-state index contributed by atoms with van der Waals surface area (Å²) in [6.07, 6.45) is 2.88. The quantitative estimate of drug-likeness (QED) is 0.671. The number of halogens is 1. The zero-order chi connectivity index (χ0) is 15.8. The molecule has 0 bridgehead atoms. The Balaban J connectivity index is 2.48. The summed E-state index contributed by atoms with van der Waals surface area (Å²) in [6.45, 7) is 0. The highest BCUT2D eigenvalue weighted by molar-refractivity contribution is 7.90. The summed E-state index contributed by atoms with van der Waals surface area (Å²) in [5.41, 5.74) is -0.566. The maximum atomic E-state index is 12.3. The van der Waals surface area contributed by atoms with Gasteiger partial charge in [-0.1, -0.05) is 11.6 Å². The van der Waals surface area contributed by atoms with E-state index in [-0.39, 0.29) is 39.8 Å². The molecule has 21 heavy (non-hydrogen) atoms. The topological polar surface area (TPSA) is 101 Å². The molecule has 6 nitrogen and oxygen atoms in total. The van der Waals surface area contributed by atoms with Crippen LogP contribution in [0.25, 0.3) is 0 Å². The molecule has 1 heterocycles. The van der Waals surface area contributed by atoms with E-state index in [0.29, 0.717) is 6.42 Å². The van der Waals surface area contributed by atoms with Crippen LogP contribution in [0.3, 0.4) is 0 Å². The van der Waals surface area contributed by atoms with Gasteiger partial charge in [0.05, 0.1) is 9.92 Å². The van der Waals surface area contributed by atoms with Gasteiger partial charge in [0.1, 0.15) is 17.0 Å². The van der Waals surface area contributed by atoms with Crippen LogP contribution in [0.2, 0.25) is 5.02 Å². The smallest absolute Gasteiger partial charge is 0.219 e. The Labute approximate surface area is 126 Å². The summed E-state index contributed by atoms with van der Waals surface area (Å²) >= 11 is 5.88. The van der Waals surface area contributed by atoms with Crippen molar-refractivity contribution < 1.29 is 23.1 Å². The molecule has 112 valence electrons. The fourth-order valence-corrected chi connectivity index (χ4v) is 2.89. The molecular formula is C13H12ClNO5S. The average Bonchev–Trinajstić information content (AvgIpc) is 2.37. The summed E-state index contributed by atoms with van der Waals surface area (Å²) in [7, 11) is -3.50. The number of carbonyl (C=O) groups excluding carboxylic acids is 2. The van der Waals surface area contributed by atoms with Crippen LogP contribution in [0.15, 0.2) is 28.5 Å². The predicted molar refractivity (Wildman–Crippen MR) is 75.2 cm³/mol. The van der Waals surface area contributed by atoms with Crippen LogP contribution in [0.4, 0.5) is 0 Å². The largest absolute Gasteiger partial charge is 0.511 e. The standard InChI is InChI=1S/C13H12ClNO5S/c1-21(19,20)7-5-8(14)12(15-6-7)13(18)11-9(16)3-2-4-10(11)17/h5-6,16H,2-4H2,1H3. The number of aromatic nitrogens is 1. The minimum absolute atomic E-state index is 0.128. The lowest BCUT2D eigenvalue weighted by atomic mass is 9.92. The van der Waals surface area contributed by atoms with Crippen molar-refractivity contribution in [2.75, 3.05) is 6.26 Å². The van der Waals surface area contributed by atoms with Crippen LogP contribution in [0, 0.1) is 0 Å². The Morgan fingerprint density at radius 1 is 1.38 bits per heavy atom. The molecule has 0 unspecified atom stereocenters. The van der Waals surface area contributed by atoms with E-state index in [1.165, 1.54) is 0 Å². The molecule has 1 aliphatic carbocycles. The number of rotatable bonds is 3. The first-order valence-electron chi connectivity index (χ1n) is 6.07. The number of Topliss-reactive ketones (excluding diaryl/α,β-unsaturated/α-hetero) is 2. The van der Waals surface area contributed by atoms with Gasteiger partial charge in [-0.3, -0.25) is 9.59 Å². The molecule has 0 fully saturated rings. The van der Waals surface area contributed by atoms with E-state index in [9.17, 15) is 23.1 Å². The van der Waals surface area contributed by atoms with E-state index in [1.807, 2.05) is 0 Å². The number of carbonyl (C=O) groups is 2. The zero-order valence-electron chi connectivity index (χ0n) is 11.1. The Kier molecular flexibility index (Phi) is 4.15. The van der Waals surface area contributed by atoms with Crippen molar-refractivity contribution >= 4 is 33.0 Å². The van der Waals surface area contributed by atoms with Gasteiger partial charge in [0, 0.05) is 25.3 Å². The molecule has 8 heteroatoms. The number of hydrogen-bond donors (Lipinski definition) is 1. The fourth-order valence-electron chi connectivity index (χ4n) is 1.99. The molecular weight excluding hydrogens is 318 g/mol. The molecule has 0 aromatic carbocycles. The van der Waals surface area contributed by atoms with Crippen molar-refractivity contribution in [1.29, 1.82) is 0 Å². The van der Waals surface area contributed by atoms with Gasteiger partial charge in [-0.15, -0.1) is 0 Å². The third kappa shape index (κ3) is 3.14. The predicted octanol–water partition coefficient (Wildman–Crippen LogP) is 1.89. The van der Waals surface area contributed by atoms with E-state index in [0.717, 1.165) is 18.5 Å². The molecule has 1 N–H and O–H groups in total. The molecule has 1 aromatic rings. The Morgan fingerprint density at radius 3 is 2.57 bits per heavy atom. The lowest BCUT2D eigenvalue weighted by Gasteiger charge is -2.14. The second-order valence-electron chi connectivity index (χ2n) is 4.70. The number of aliphatic hydroxyl groups excluding tert-OH is 1. The number of hydrogen-bond acceptors (Lipinski definition) is 6. The minimum atomic E-state index is -3.50. The summed E-state index contributed by atoms with van der Waals surface area (Å²) in [5, 5.41) is 9.54. The minimum Gasteiger partial charge on any atom is -0.511 e. The fraction of sp³-hybridized carbons (Fsp3) is 0.308. The van der Waals surface area contributed by atoms with Gasteiger partial charge in [-0.25, -0.2) is 13.4 Å². The number of nitrogens with zero attached hydrogens (tertiary/aromatic N) is 1. The van der Waals surface area contributed by atoms with Gasteiger partial charge in [-0.2, -0.15) is 0 Å². The second-order valence-corrected chi connectivity index (χ2v) is 7.12. The van der Waals surface area contributed by atoms with Crippen LogP contribution >= 0.6 is 11.6 Å². The highest BCUT2D eigenvalue weighted by Crippen LogP contribution is 2.26.